The van der Waals surface area contributed by atoms with Crippen LogP contribution in [0.3, 0.4) is 0 Å². The molecule has 0 aliphatic heterocycles. The number of fused-ring (bicyclic) bond motifs is 1. The number of aryl methyl sites for hydroxylation is 1. The number of benzene rings is 2. The number of oxazole rings is 1. The van der Waals surface area contributed by atoms with Crippen molar-refractivity contribution in [1.29, 1.82) is 0 Å². The van der Waals surface area contributed by atoms with Crippen molar-refractivity contribution in [2.45, 2.75) is 13.5 Å². The predicted octanol–water partition coefficient (Wildman–Crippen LogP) is 3.44. The van der Waals surface area contributed by atoms with Gasteiger partial charge in [0.2, 0.25) is 5.89 Å². The first kappa shape index (κ1) is 12.5. The SMILES string of the molecule is Cc1cc(OCc2nc3c(N)cccc3o2)ccc1F. The van der Waals surface area contributed by atoms with Crippen molar-refractivity contribution in [3.05, 3.63) is 53.7 Å². The molecule has 4 nitrogen and oxygen atoms in total. The summed E-state index contributed by atoms with van der Waals surface area (Å²) < 4.78 is 24.2. The molecule has 1 aromatic heterocycles. The molecule has 5 heteroatoms. The van der Waals surface area contributed by atoms with E-state index < -0.39 is 0 Å². The van der Waals surface area contributed by atoms with Crippen molar-refractivity contribution in [2.24, 2.45) is 0 Å². The molecule has 0 fully saturated rings. The average Bonchev–Trinajstić information content (AvgIpc) is 2.85. The third-order valence-corrected chi connectivity index (χ3v) is 2.99. The van der Waals surface area contributed by atoms with Crippen LogP contribution in [0.5, 0.6) is 5.75 Å². The molecule has 0 aliphatic carbocycles. The summed E-state index contributed by atoms with van der Waals surface area (Å²) in [7, 11) is 0. The number of nitrogen functional groups attached to an aromatic ring is 1. The van der Waals surface area contributed by atoms with Crippen LogP contribution in [0.25, 0.3) is 11.1 Å². The number of hydrogen-bond donors (Lipinski definition) is 1. The Morgan fingerprint density at radius 2 is 2.15 bits per heavy atom. The maximum Gasteiger partial charge on any atom is 0.233 e. The van der Waals surface area contributed by atoms with Crippen LogP contribution < -0.4 is 10.5 Å². The fourth-order valence-corrected chi connectivity index (χ4v) is 1.93. The predicted molar refractivity (Wildman–Crippen MR) is 73.9 cm³/mol. The molecule has 0 unspecified atom stereocenters. The second kappa shape index (κ2) is 4.85. The molecule has 1 heterocycles. The zero-order chi connectivity index (χ0) is 14.1. The molecule has 2 N–H and O–H groups in total. The molecular weight excluding hydrogens is 259 g/mol. The minimum absolute atomic E-state index is 0.166. The van der Waals surface area contributed by atoms with Crippen molar-refractivity contribution in [2.75, 3.05) is 5.73 Å². The molecule has 0 spiro atoms. The summed E-state index contributed by atoms with van der Waals surface area (Å²) in [6.45, 7) is 1.85. The fourth-order valence-electron chi connectivity index (χ4n) is 1.93. The Bertz CT molecular complexity index is 768. The lowest BCUT2D eigenvalue weighted by atomic mass is 10.2. The molecular formula is C15H13FN2O2. The number of para-hydroxylation sites is 1. The van der Waals surface area contributed by atoms with Gasteiger partial charge in [-0.05, 0) is 42.8 Å². The molecule has 0 saturated carbocycles. The minimum atomic E-state index is -0.257. The number of anilines is 1. The maximum absolute atomic E-state index is 13.1. The van der Waals surface area contributed by atoms with Gasteiger partial charge < -0.3 is 14.9 Å². The van der Waals surface area contributed by atoms with Crippen molar-refractivity contribution >= 4 is 16.8 Å². The van der Waals surface area contributed by atoms with Crippen LogP contribution in [0.1, 0.15) is 11.5 Å². The highest BCUT2D eigenvalue weighted by Crippen LogP contribution is 2.22. The molecule has 0 radical (unpaired) electrons. The zero-order valence-corrected chi connectivity index (χ0v) is 10.9. The van der Waals surface area contributed by atoms with Crippen LogP contribution in [0, 0.1) is 12.7 Å². The van der Waals surface area contributed by atoms with Crippen LogP contribution in [0.15, 0.2) is 40.8 Å². The molecule has 0 amide bonds. The minimum Gasteiger partial charge on any atom is -0.484 e. The molecule has 0 bridgehead atoms. The van der Waals surface area contributed by atoms with E-state index in [1.165, 1.54) is 6.07 Å². The van der Waals surface area contributed by atoms with Crippen LogP contribution in [-0.4, -0.2) is 4.98 Å². The molecule has 102 valence electrons. The Balaban J connectivity index is 1.79. The maximum atomic E-state index is 13.1. The lowest BCUT2D eigenvalue weighted by Gasteiger charge is -2.04. The van der Waals surface area contributed by atoms with E-state index in [0.717, 1.165) is 0 Å². The number of rotatable bonds is 3. The summed E-state index contributed by atoms with van der Waals surface area (Å²) >= 11 is 0. The molecule has 0 saturated heterocycles. The number of halogens is 1. The number of hydrogen-bond acceptors (Lipinski definition) is 4. The molecule has 0 atom stereocenters. The Morgan fingerprint density at radius 3 is 2.90 bits per heavy atom. The van der Waals surface area contributed by atoms with Crippen molar-refractivity contribution in [3.8, 4) is 5.75 Å². The zero-order valence-electron chi connectivity index (χ0n) is 10.9. The first-order chi connectivity index (χ1) is 9.63. The van der Waals surface area contributed by atoms with E-state index in [4.69, 9.17) is 14.9 Å². The van der Waals surface area contributed by atoms with E-state index in [1.807, 2.05) is 0 Å². The largest absolute Gasteiger partial charge is 0.484 e. The first-order valence-corrected chi connectivity index (χ1v) is 6.16. The Morgan fingerprint density at radius 1 is 1.30 bits per heavy atom. The van der Waals surface area contributed by atoms with Gasteiger partial charge in [0, 0.05) is 0 Å². The molecule has 3 aromatic rings. The average molecular weight is 272 g/mol. The van der Waals surface area contributed by atoms with Crippen LogP contribution >= 0.6 is 0 Å². The normalized spacial score (nSPS) is 10.9. The van der Waals surface area contributed by atoms with Crippen molar-refractivity contribution < 1.29 is 13.5 Å². The van der Waals surface area contributed by atoms with Gasteiger partial charge >= 0.3 is 0 Å². The van der Waals surface area contributed by atoms with Crippen LogP contribution in [0.2, 0.25) is 0 Å². The molecule has 20 heavy (non-hydrogen) atoms. The number of aromatic nitrogens is 1. The van der Waals surface area contributed by atoms with Crippen LogP contribution in [0.4, 0.5) is 10.1 Å². The van der Waals surface area contributed by atoms with Crippen molar-refractivity contribution in [1.82, 2.24) is 4.98 Å². The van der Waals surface area contributed by atoms with Gasteiger partial charge in [-0.1, -0.05) is 6.07 Å². The second-order valence-electron chi connectivity index (χ2n) is 4.50. The van der Waals surface area contributed by atoms with Crippen molar-refractivity contribution in [3.63, 3.8) is 0 Å². The van der Waals surface area contributed by atoms with Gasteiger partial charge in [0.05, 0.1) is 5.69 Å². The lowest BCUT2D eigenvalue weighted by Crippen LogP contribution is -1.96. The summed E-state index contributed by atoms with van der Waals surface area (Å²) in [6, 6.07) is 9.93. The van der Waals surface area contributed by atoms with Gasteiger partial charge in [-0.3, -0.25) is 0 Å². The highest BCUT2D eigenvalue weighted by atomic mass is 19.1. The summed E-state index contributed by atoms with van der Waals surface area (Å²) in [5.41, 5.74) is 8.16. The monoisotopic (exact) mass is 272 g/mol. The lowest BCUT2D eigenvalue weighted by molar-refractivity contribution is 0.266. The third-order valence-electron chi connectivity index (χ3n) is 2.99. The quantitative estimate of drug-likeness (QED) is 0.742. The number of ether oxygens (including phenoxy) is 1. The molecule has 3 rings (SSSR count). The Hall–Kier alpha value is -2.56. The smallest absolute Gasteiger partial charge is 0.233 e. The highest BCUT2D eigenvalue weighted by molar-refractivity contribution is 5.85. The van der Waals surface area contributed by atoms with E-state index in [1.54, 1.807) is 37.3 Å². The number of nitrogens with two attached hydrogens (primary N) is 1. The van der Waals surface area contributed by atoms with E-state index in [2.05, 4.69) is 4.98 Å². The van der Waals surface area contributed by atoms with E-state index in [0.29, 0.717) is 34.0 Å². The summed E-state index contributed by atoms with van der Waals surface area (Å²) in [6.07, 6.45) is 0. The van der Waals surface area contributed by atoms with E-state index >= 15 is 0 Å². The number of nitrogens with zero attached hydrogens (tertiary/aromatic N) is 1. The Labute approximate surface area is 115 Å². The van der Waals surface area contributed by atoms with Gasteiger partial charge in [-0.15, -0.1) is 0 Å². The fraction of sp³-hybridized carbons (Fsp3) is 0.133. The van der Waals surface area contributed by atoms with E-state index in [9.17, 15) is 4.39 Å². The second-order valence-corrected chi connectivity index (χ2v) is 4.50. The van der Waals surface area contributed by atoms with Gasteiger partial charge in [-0.25, -0.2) is 9.37 Å². The third kappa shape index (κ3) is 2.30. The molecule has 0 aliphatic rings. The summed E-state index contributed by atoms with van der Waals surface area (Å²) in [5, 5.41) is 0. The topological polar surface area (TPSA) is 61.3 Å². The van der Waals surface area contributed by atoms with Gasteiger partial charge in [0.15, 0.2) is 12.2 Å². The summed E-state index contributed by atoms with van der Waals surface area (Å²) in [5.74, 6) is 0.742. The first-order valence-electron chi connectivity index (χ1n) is 6.16. The Kier molecular flexibility index (Phi) is 3.02. The van der Waals surface area contributed by atoms with E-state index in [-0.39, 0.29) is 12.4 Å². The molecule has 2 aromatic carbocycles. The highest BCUT2D eigenvalue weighted by Gasteiger charge is 2.09. The van der Waals surface area contributed by atoms with Gasteiger partial charge in [-0.2, -0.15) is 0 Å². The standard InChI is InChI=1S/C15H13FN2O2/c1-9-7-10(5-6-11(9)16)19-8-14-18-15-12(17)3-2-4-13(15)20-14/h2-7H,8,17H2,1H3. The van der Waals surface area contributed by atoms with Gasteiger partial charge in [0.1, 0.15) is 17.1 Å². The van der Waals surface area contributed by atoms with Crippen LogP contribution in [-0.2, 0) is 6.61 Å². The summed E-state index contributed by atoms with van der Waals surface area (Å²) in [4.78, 5) is 4.28. The van der Waals surface area contributed by atoms with Gasteiger partial charge in [0.25, 0.3) is 0 Å².